The van der Waals surface area contributed by atoms with E-state index in [1.54, 1.807) is 0 Å². The summed E-state index contributed by atoms with van der Waals surface area (Å²) >= 11 is 0. The Morgan fingerprint density at radius 3 is 2.95 bits per heavy atom. The Bertz CT molecular complexity index is 382. The Kier molecular flexibility index (Phi) is 7.97. The van der Waals surface area contributed by atoms with Gasteiger partial charge in [0.25, 0.3) is 0 Å². The monoisotopic (exact) mass is 277 g/mol. The molecule has 2 rings (SSSR count). The van der Waals surface area contributed by atoms with Crippen molar-refractivity contribution < 1.29 is 9.53 Å². The Balaban J connectivity index is 0.000000956. The van der Waals surface area contributed by atoms with E-state index in [9.17, 15) is 4.79 Å². The maximum atomic E-state index is 11.6. The van der Waals surface area contributed by atoms with Crippen molar-refractivity contribution in [2.45, 2.75) is 33.6 Å². The zero-order valence-electron chi connectivity index (χ0n) is 13.0. The molecule has 0 aromatic heterocycles. The molecule has 0 bridgehead atoms. The maximum Gasteiger partial charge on any atom is 0.310 e. The number of allylic oxidation sites excluding steroid dienone is 4. The van der Waals surface area contributed by atoms with E-state index in [2.05, 4.69) is 35.3 Å². The summed E-state index contributed by atoms with van der Waals surface area (Å²) in [6, 6.07) is 0. The van der Waals surface area contributed by atoms with Gasteiger partial charge in [0.15, 0.2) is 0 Å². The van der Waals surface area contributed by atoms with Crippen molar-refractivity contribution in [1.29, 1.82) is 0 Å². The lowest BCUT2D eigenvalue weighted by Crippen LogP contribution is -2.26. The highest BCUT2D eigenvalue weighted by Crippen LogP contribution is 2.19. The number of nitrogens with zero attached hydrogens (tertiary/aromatic N) is 1. The highest BCUT2D eigenvalue weighted by Gasteiger charge is 2.29. The number of hydrogen-bond acceptors (Lipinski definition) is 3. The van der Waals surface area contributed by atoms with E-state index in [0.717, 1.165) is 32.5 Å². The van der Waals surface area contributed by atoms with E-state index in [1.807, 2.05) is 20.8 Å². The molecular weight excluding hydrogens is 250 g/mol. The van der Waals surface area contributed by atoms with Crippen LogP contribution in [-0.4, -0.2) is 37.1 Å². The van der Waals surface area contributed by atoms with Crippen LogP contribution in [0.15, 0.2) is 36.0 Å². The Labute approximate surface area is 123 Å². The lowest BCUT2D eigenvalue weighted by molar-refractivity contribution is -0.147. The summed E-state index contributed by atoms with van der Waals surface area (Å²) in [5.74, 6) is 0.0288. The summed E-state index contributed by atoms with van der Waals surface area (Å²) in [6.07, 6.45) is 12.7. The molecule has 1 aliphatic carbocycles. The lowest BCUT2D eigenvalue weighted by atomic mass is 10.1. The first-order valence-corrected chi connectivity index (χ1v) is 7.71. The van der Waals surface area contributed by atoms with Crippen molar-refractivity contribution in [2.24, 2.45) is 5.92 Å². The molecule has 0 amide bonds. The molecule has 0 aromatic carbocycles. The summed E-state index contributed by atoms with van der Waals surface area (Å²) in [5.41, 5.74) is 1.31. The first-order chi connectivity index (χ1) is 9.79. The average Bonchev–Trinajstić information content (AvgIpc) is 2.78. The van der Waals surface area contributed by atoms with E-state index in [1.165, 1.54) is 5.57 Å². The standard InChI is InChI=1S/C15H21NO2.C2H6/c1-2-18-15(17)14-9-10-16(12-14)11-13-7-5-3-4-6-8-13;1-2/h3,5-8,14H,2,4,9-12H2,1H3;1-2H3. The third-order valence-electron chi connectivity index (χ3n) is 3.35. The second-order valence-electron chi connectivity index (χ2n) is 4.78. The highest BCUT2D eigenvalue weighted by molar-refractivity contribution is 5.73. The molecule has 1 unspecified atom stereocenters. The zero-order valence-corrected chi connectivity index (χ0v) is 13.0. The van der Waals surface area contributed by atoms with Gasteiger partial charge >= 0.3 is 5.97 Å². The fraction of sp³-hybridized carbons (Fsp3) is 0.588. The van der Waals surface area contributed by atoms with Crippen molar-refractivity contribution in [1.82, 2.24) is 4.90 Å². The normalized spacial score (nSPS) is 21.8. The van der Waals surface area contributed by atoms with Crippen LogP contribution < -0.4 is 0 Å². The van der Waals surface area contributed by atoms with Crippen LogP contribution in [0.25, 0.3) is 0 Å². The van der Waals surface area contributed by atoms with E-state index in [4.69, 9.17) is 4.74 Å². The van der Waals surface area contributed by atoms with Gasteiger partial charge in [-0.3, -0.25) is 9.69 Å². The second-order valence-corrected chi connectivity index (χ2v) is 4.78. The predicted octanol–water partition coefficient (Wildman–Crippen LogP) is 3.34. The molecule has 112 valence electrons. The van der Waals surface area contributed by atoms with Crippen molar-refractivity contribution >= 4 is 5.97 Å². The highest BCUT2D eigenvalue weighted by atomic mass is 16.5. The number of hydrogen-bond donors (Lipinski definition) is 0. The summed E-state index contributed by atoms with van der Waals surface area (Å²) in [7, 11) is 0. The van der Waals surface area contributed by atoms with Gasteiger partial charge in [0.2, 0.25) is 0 Å². The van der Waals surface area contributed by atoms with Crippen LogP contribution in [0.1, 0.15) is 33.6 Å². The first kappa shape index (κ1) is 16.7. The zero-order chi connectivity index (χ0) is 14.8. The van der Waals surface area contributed by atoms with E-state index < -0.39 is 0 Å². The molecule has 0 aromatic rings. The molecule has 1 fully saturated rings. The third kappa shape index (κ3) is 5.33. The van der Waals surface area contributed by atoms with Crippen LogP contribution in [0.2, 0.25) is 0 Å². The SMILES string of the molecule is CC.CCOC(=O)C1CCN(CC2=CC=CCC=C2)C1. The molecule has 0 saturated carbocycles. The molecular formula is C17H27NO2. The molecule has 1 saturated heterocycles. The predicted molar refractivity (Wildman–Crippen MR) is 83.5 cm³/mol. The summed E-state index contributed by atoms with van der Waals surface area (Å²) in [5, 5.41) is 0. The fourth-order valence-corrected chi connectivity index (χ4v) is 2.42. The number of carbonyl (C=O) groups is 1. The number of ether oxygens (including phenoxy) is 1. The van der Waals surface area contributed by atoms with Gasteiger partial charge in [-0.15, -0.1) is 0 Å². The van der Waals surface area contributed by atoms with Crippen molar-refractivity contribution in [2.75, 3.05) is 26.2 Å². The quantitative estimate of drug-likeness (QED) is 0.738. The largest absolute Gasteiger partial charge is 0.466 e. The summed E-state index contributed by atoms with van der Waals surface area (Å²) in [6.45, 7) is 9.08. The molecule has 2 aliphatic rings. The minimum Gasteiger partial charge on any atom is -0.466 e. The molecule has 0 spiro atoms. The van der Waals surface area contributed by atoms with Gasteiger partial charge in [0.1, 0.15) is 0 Å². The smallest absolute Gasteiger partial charge is 0.310 e. The van der Waals surface area contributed by atoms with Crippen LogP contribution in [0, 0.1) is 5.92 Å². The molecule has 0 N–H and O–H groups in total. The third-order valence-corrected chi connectivity index (χ3v) is 3.35. The Morgan fingerprint density at radius 1 is 1.40 bits per heavy atom. The molecule has 20 heavy (non-hydrogen) atoms. The van der Waals surface area contributed by atoms with Gasteiger partial charge in [-0.05, 0) is 31.9 Å². The van der Waals surface area contributed by atoms with Gasteiger partial charge < -0.3 is 4.74 Å². The topological polar surface area (TPSA) is 29.5 Å². The van der Waals surface area contributed by atoms with Crippen molar-refractivity contribution in [3.8, 4) is 0 Å². The van der Waals surface area contributed by atoms with Crippen LogP contribution in [0.4, 0.5) is 0 Å². The van der Waals surface area contributed by atoms with Crippen LogP contribution in [0.5, 0.6) is 0 Å². The van der Waals surface area contributed by atoms with Gasteiger partial charge in [0.05, 0.1) is 12.5 Å². The number of likely N-dealkylation sites (tertiary alicyclic amines) is 1. The van der Waals surface area contributed by atoms with E-state index >= 15 is 0 Å². The summed E-state index contributed by atoms with van der Waals surface area (Å²) in [4.78, 5) is 14.0. The first-order valence-electron chi connectivity index (χ1n) is 7.71. The van der Waals surface area contributed by atoms with Gasteiger partial charge in [0, 0.05) is 13.1 Å². The number of carbonyl (C=O) groups excluding carboxylic acids is 1. The number of esters is 1. The molecule has 1 aliphatic heterocycles. The molecule has 3 nitrogen and oxygen atoms in total. The van der Waals surface area contributed by atoms with Gasteiger partial charge in [-0.1, -0.05) is 44.2 Å². The minimum absolute atomic E-state index is 0.0368. The van der Waals surface area contributed by atoms with Crippen LogP contribution in [-0.2, 0) is 9.53 Å². The van der Waals surface area contributed by atoms with Crippen LogP contribution >= 0.6 is 0 Å². The summed E-state index contributed by atoms with van der Waals surface area (Å²) < 4.78 is 5.08. The van der Waals surface area contributed by atoms with E-state index in [-0.39, 0.29) is 11.9 Å². The molecule has 0 radical (unpaired) electrons. The maximum absolute atomic E-state index is 11.6. The Morgan fingerprint density at radius 2 is 2.20 bits per heavy atom. The van der Waals surface area contributed by atoms with Gasteiger partial charge in [-0.25, -0.2) is 0 Å². The second kappa shape index (κ2) is 9.54. The minimum atomic E-state index is -0.0368. The fourth-order valence-electron chi connectivity index (χ4n) is 2.42. The number of rotatable bonds is 4. The lowest BCUT2D eigenvalue weighted by Gasteiger charge is -2.16. The van der Waals surface area contributed by atoms with Gasteiger partial charge in [-0.2, -0.15) is 0 Å². The van der Waals surface area contributed by atoms with Crippen molar-refractivity contribution in [3.63, 3.8) is 0 Å². The Hall–Kier alpha value is -1.35. The average molecular weight is 277 g/mol. The molecule has 1 atom stereocenters. The van der Waals surface area contributed by atoms with Crippen molar-refractivity contribution in [3.05, 3.63) is 36.0 Å². The van der Waals surface area contributed by atoms with Crippen LogP contribution in [0.3, 0.4) is 0 Å². The molecule has 3 heteroatoms. The van der Waals surface area contributed by atoms with E-state index in [0.29, 0.717) is 6.61 Å². The molecule has 1 heterocycles.